The van der Waals surface area contributed by atoms with Crippen LogP contribution in [0.5, 0.6) is 0 Å². The Labute approximate surface area is 134 Å². The van der Waals surface area contributed by atoms with Crippen LogP contribution in [0.1, 0.15) is 0 Å². The number of urea groups is 1. The van der Waals surface area contributed by atoms with Crippen molar-refractivity contribution in [3.05, 3.63) is 36.5 Å². The Kier molecular flexibility index (Phi) is 3.24. The normalized spacial score (nSPS) is 22.2. The number of rotatable bonds is 2. The minimum atomic E-state index is -3.62. The van der Waals surface area contributed by atoms with E-state index in [0.717, 1.165) is 0 Å². The van der Waals surface area contributed by atoms with Gasteiger partial charge in [0.25, 0.3) is 0 Å². The smallest absolute Gasteiger partial charge is 0.317 e. The fourth-order valence-electron chi connectivity index (χ4n) is 3.23. The molecule has 0 spiro atoms. The number of nitrogens with one attached hydrogen (secondary N) is 1. The fourth-order valence-corrected chi connectivity index (χ4v) is 4.90. The molecule has 2 amide bonds. The van der Waals surface area contributed by atoms with E-state index >= 15 is 0 Å². The van der Waals surface area contributed by atoms with E-state index in [1.807, 2.05) is 0 Å². The van der Waals surface area contributed by atoms with E-state index in [-0.39, 0.29) is 17.0 Å². The van der Waals surface area contributed by atoms with Gasteiger partial charge in [0.15, 0.2) is 0 Å². The van der Waals surface area contributed by atoms with Gasteiger partial charge in [-0.2, -0.15) is 4.31 Å². The zero-order chi connectivity index (χ0) is 16.0. The van der Waals surface area contributed by atoms with Crippen LogP contribution in [0.4, 0.5) is 4.79 Å². The van der Waals surface area contributed by atoms with Crippen LogP contribution in [-0.2, 0) is 10.0 Å². The Hall–Kier alpha value is -2.19. The topological polar surface area (TPSA) is 82.6 Å². The highest BCUT2D eigenvalue weighted by Gasteiger charge is 2.40. The maximum absolute atomic E-state index is 13.0. The SMILES string of the molecule is O=C1NC[C@@H]2CN(S(=O)(=O)c3cccc4ncccc34)CCN12. The molecule has 3 heterocycles. The highest BCUT2D eigenvalue weighted by Crippen LogP contribution is 2.27. The molecule has 0 saturated carbocycles. The largest absolute Gasteiger partial charge is 0.336 e. The van der Waals surface area contributed by atoms with Crippen molar-refractivity contribution in [3.8, 4) is 0 Å². The van der Waals surface area contributed by atoms with E-state index in [2.05, 4.69) is 10.3 Å². The number of amides is 2. The summed E-state index contributed by atoms with van der Waals surface area (Å²) in [5.74, 6) is 0. The average Bonchev–Trinajstić information content (AvgIpc) is 2.95. The number of fused-ring (bicyclic) bond motifs is 2. The molecule has 0 aliphatic carbocycles. The first kappa shape index (κ1) is 14.4. The second kappa shape index (κ2) is 5.17. The highest BCUT2D eigenvalue weighted by atomic mass is 32.2. The molecule has 1 atom stereocenters. The molecule has 2 fully saturated rings. The summed E-state index contributed by atoms with van der Waals surface area (Å²) in [6.45, 7) is 1.53. The maximum Gasteiger partial charge on any atom is 0.317 e. The van der Waals surface area contributed by atoms with Crippen LogP contribution in [0.3, 0.4) is 0 Å². The maximum atomic E-state index is 13.0. The van der Waals surface area contributed by atoms with E-state index in [4.69, 9.17) is 0 Å². The van der Waals surface area contributed by atoms with E-state index < -0.39 is 10.0 Å². The third kappa shape index (κ3) is 2.25. The summed E-state index contributed by atoms with van der Waals surface area (Å²) in [6, 6.07) is 8.42. The van der Waals surface area contributed by atoms with Crippen LogP contribution in [0, 0.1) is 0 Å². The Bertz CT molecular complexity index is 878. The molecule has 1 aromatic heterocycles. The molecule has 7 nitrogen and oxygen atoms in total. The summed E-state index contributed by atoms with van der Waals surface area (Å²) in [4.78, 5) is 17.8. The second-order valence-corrected chi connectivity index (χ2v) is 7.63. The zero-order valence-corrected chi connectivity index (χ0v) is 13.2. The Balaban J connectivity index is 1.72. The Morgan fingerprint density at radius 3 is 2.91 bits per heavy atom. The predicted octanol–water partition coefficient (Wildman–Crippen LogP) is 0.633. The van der Waals surface area contributed by atoms with Crippen molar-refractivity contribution in [3.63, 3.8) is 0 Å². The molecule has 120 valence electrons. The van der Waals surface area contributed by atoms with Gasteiger partial charge in [-0.25, -0.2) is 13.2 Å². The molecule has 8 heteroatoms. The van der Waals surface area contributed by atoms with Crippen LogP contribution >= 0.6 is 0 Å². The summed E-state index contributed by atoms with van der Waals surface area (Å²) in [5, 5.41) is 3.38. The number of nitrogens with zero attached hydrogens (tertiary/aromatic N) is 3. The fraction of sp³-hybridized carbons (Fsp3) is 0.333. The van der Waals surface area contributed by atoms with E-state index in [0.29, 0.717) is 37.1 Å². The van der Waals surface area contributed by atoms with Gasteiger partial charge in [-0.05, 0) is 24.3 Å². The van der Waals surface area contributed by atoms with Gasteiger partial charge < -0.3 is 10.2 Å². The van der Waals surface area contributed by atoms with Crippen LogP contribution in [-0.4, -0.2) is 60.9 Å². The summed E-state index contributed by atoms with van der Waals surface area (Å²) in [6.07, 6.45) is 1.65. The van der Waals surface area contributed by atoms with Crippen molar-refractivity contribution in [1.29, 1.82) is 0 Å². The van der Waals surface area contributed by atoms with Gasteiger partial charge in [-0.15, -0.1) is 0 Å². The van der Waals surface area contributed by atoms with E-state index in [1.54, 1.807) is 41.4 Å². The van der Waals surface area contributed by atoms with Gasteiger partial charge in [0.2, 0.25) is 10.0 Å². The lowest BCUT2D eigenvalue weighted by Gasteiger charge is -2.35. The quantitative estimate of drug-likeness (QED) is 0.874. The molecule has 0 bridgehead atoms. The first-order chi connectivity index (χ1) is 11.1. The van der Waals surface area contributed by atoms with Crippen LogP contribution in [0.2, 0.25) is 0 Å². The molecule has 0 radical (unpaired) electrons. The lowest BCUT2D eigenvalue weighted by molar-refractivity contribution is 0.164. The molecular formula is C15H16N4O3S. The third-order valence-electron chi connectivity index (χ3n) is 4.42. The third-order valence-corrected chi connectivity index (χ3v) is 6.34. The highest BCUT2D eigenvalue weighted by molar-refractivity contribution is 7.89. The van der Waals surface area contributed by atoms with Gasteiger partial charge in [0, 0.05) is 37.8 Å². The number of hydrogen-bond donors (Lipinski definition) is 1. The minimum Gasteiger partial charge on any atom is -0.336 e. The number of benzene rings is 1. The number of sulfonamides is 1. The Morgan fingerprint density at radius 1 is 1.17 bits per heavy atom. The lowest BCUT2D eigenvalue weighted by Crippen LogP contribution is -2.53. The summed E-state index contributed by atoms with van der Waals surface area (Å²) in [7, 11) is -3.62. The number of carbonyl (C=O) groups excluding carboxylic acids is 1. The molecule has 1 aromatic carbocycles. The molecule has 2 aromatic rings. The number of pyridine rings is 1. The van der Waals surface area contributed by atoms with Crippen molar-refractivity contribution >= 4 is 27.0 Å². The monoisotopic (exact) mass is 332 g/mol. The first-order valence-corrected chi connectivity index (χ1v) is 8.90. The van der Waals surface area contributed by atoms with Crippen molar-refractivity contribution < 1.29 is 13.2 Å². The first-order valence-electron chi connectivity index (χ1n) is 7.46. The molecule has 4 rings (SSSR count). The van der Waals surface area contributed by atoms with Gasteiger partial charge in [-0.1, -0.05) is 6.07 Å². The molecule has 2 aliphatic heterocycles. The zero-order valence-electron chi connectivity index (χ0n) is 12.3. The van der Waals surface area contributed by atoms with Gasteiger partial charge in [-0.3, -0.25) is 4.98 Å². The summed E-state index contributed by atoms with van der Waals surface area (Å²) >= 11 is 0. The van der Waals surface area contributed by atoms with Crippen molar-refractivity contribution in [2.24, 2.45) is 0 Å². The standard InChI is InChI=1S/C15H16N4O3S/c20-15-17-9-11-10-18(7-8-19(11)15)23(21,22)14-5-1-4-13-12(14)3-2-6-16-13/h1-6,11H,7-10H2,(H,17,20)/t11-/m1/s1. The average molecular weight is 332 g/mol. The molecule has 2 saturated heterocycles. The van der Waals surface area contributed by atoms with Crippen molar-refractivity contribution in [1.82, 2.24) is 19.5 Å². The lowest BCUT2D eigenvalue weighted by atomic mass is 10.2. The van der Waals surface area contributed by atoms with Crippen LogP contribution < -0.4 is 5.32 Å². The van der Waals surface area contributed by atoms with E-state index in [1.165, 1.54) is 4.31 Å². The molecule has 2 aliphatic rings. The summed E-state index contributed by atoms with van der Waals surface area (Å²) in [5.41, 5.74) is 0.657. The van der Waals surface area contributed by atoms with Crippen LogP contribution in [0.25, 0.3) is 10.9 Å². The minimum absolute atomic E-state index is 0.0980. The number of aromatic nitrogens is 1. The van der Waals surface area contributed by atoms with Gasteiger partial charge in [0.05, 0.1) is 16.5 Å². The molecule has 1 N–H and O–H groups in total. The number of hydrogen-bond acceptors (Lipinski definition) is 4. The summed E-state index contributed by atoms with van der Waals surface area (Å²) < 4.78 is 27.6. The van der Waals surface area contributed by atoms with Gasteiger partial charge >= 0.3 is 6.03 Å². The van der Waals surface area contributed by atoms with E-state index in [9.17, 15) is 13.2 Å². The van der Waals surface area contributed by atoms with Crippen molar-refractivity contribution in [2.75, 3.05) is 26.2 Å². The second-order valence-electron chi connectivity index (χ2n) is 5.72. The number of piperazine rings is 1. The molecule has 0 unspecified atom stereocenters. The van der Waals surface area contributed by atoms with Crippen molar-refractivity contribution in [2.45, 2.75) is 10.9 Å². The van der Waals surface area contributed by atoms with Gasteiger partial charge in [0.1, 0.15) is 0 Å². The number of carbonyl (C=O) groups is 1. The molecular weight excluding hydrogens is 316 g/mol. The predicted molar refractivity (Wildman–Crippen MR) is 84.4 cm³/mol. The molecule has 23 heavy (non-hydrogen) atoms. The van der Waals surface area contributed by atoms with Crippen LogP contribution in [0.15, 0.2) is 41.4 Å². The Morgan fingerprint density at radius 2 is 2.04 bits per heavy atom.